The highest BCUT2D eigenvalue weighted by Crippen LogP contribution is 2.27. The Balaban J connectivity index is 2.05. The van der Waals surface area contributed by atoms with E-state index in [0.29, 0.717) is 12.0 Å². The second-order valence-electron chi connectivity index (χ2n) is 3.03. The van der Waals surface area contributed by atoms with Crippen LogP contribution in [0.4, 0.5) is 0 Å². The van der Waals surface area contributed by atoms with Crippen LogP contribution in [0.2, 0.25) is 0 Å². The highest BCUT2D eigenvalue weighted by molar-refractivity contribution is 4.84. The summed E-state index contributed by atoms with van der Waals surface area (Å²) in [5, 5.41) is 8.56. The predicted octanol–water partition coefficient (Wildman–Crippen LogP) is 0.792. The first-order chi connectivity index (χ1) is 4.24. The van der Waals surface area contributed by atoms with Crippen LogP contribution in [0.3, 0.4) is 0 Å². The lowest BCUT2D eigenvalue weighted by Gasteiger charge is -1.97. The molecule has 2 heteroatoms. The van der Waals surface area contributed by atoms with Gasteiger partial charge in [-0.3, -0.25) is 0 Å². The zero-order valence-electron chi connectivity index (χ0n) is 6.00. The molecule has 1 heterocycles. The minimum absolute atomic E-state index is 0.160. The van der Waals surface area contributed by atoms with Gasteiger partial charge in [0.1, 0.15) is 6.10 Å². The molecule has 0 spiro atoms. The summed E-state index contributed by atoms with van der Waals surface area (Å²) in [6, 6.07) is 0. The molecule has 0 bridgehead atoms. The molecule has 1 rings (SSSR count). The summed E-state index contributed by atoms with van der Waals surface area (Å²) in [6.07, 6.45) is 1.60. The van der Waals surface area contributed by atoms with Gasteiger partial charge in [-0.25, -0.2) is 0 Å². The fourth-order valence-corrected chi connectivity index (χ4v) is 1.01. The van der Waals surface area contributed by atoms with Gasteiger partial charge in [0.15, 0.2) is 0 Å². The summed E-state index contributed by atoms with van der Waals surface area (Å²) in [7, 11) is 0. The van der Waals surface area contributed by atoms with Crippen LogP contribution in [0, 0.1) is 5.92 Å². The molecule has 0 amide bonds. The van der Waals surface area contributed by atoms with Crippen LogP contribution >= 0.6 is 0 Å². The van der Waals surface area contributed by atoms with Gasteiger partial charge in [0.2, 0.25) is 0 Å². The average Bonchev–Trinajstić information content (AvgIpc) is 2.45. The molecule has 0 aliphatic carbocycles. The summed E-state index contributed by atoms with van der Waals surface area (Å²) >= 11 is 0. The third-order valence-corrected chi connectivity index (χ3v) is 1.57. The monoisotopic (exact) mass is 130 g/mol. The topological polar surface area (TPSA) is 32.8 Å². The highest BCUT2D eigenvalue weighted by Gasteiger charge is 2.37. The van der Waals surface area contributed by atoms with Gasteiger partial charge in [0.05, 0.1) is 12.7 Å². The molecule has 0 aromatic heterocycles. The van der Waals surface area contributed by atoms with Gasteiger partial charge in [-0.15, -0.1) is 0 Å². The van der Waals surface area contributed by atoms with Crippen molar-refractivity contribution in [2.45, 2.75) is 32.5 Å². The molecule has 0 aromatic carbocycles. The fourth-order valence-electron chi connectivity index (χ4n) is 1.01. The predicted molar refractivity (Wildman–Crippen MR) is 35.2 cm³/mol. The Bertz CT molecular complexity index is 90.9. The van der Waals surface area contributed by atoms with Crippen LogP contribution in [0.5, 0.6) is 0 Å². The lowest BCUT2D eigenvalue weighted by atomic mass is 10.1. The molecule has 54 valence electrons. The van der Waals surface area contributed by atoms with E-state index in [-0.39, 0.29) is 12.7 Å². The maximum absolute atomic E-state index is 8.56. The fraction of sp³-hybridized carbons (Fsp3) is 1.00. The average molecular weight is 130 g/mol. The first-order valence-electron chi connectivity index (χ1n) is 3.50. The Morgan fingerprint density at radius 3 is 2.44 bits per heavy atom. The zero-order chi connectivity index (χ0) is 6.85. The number of hydrogen-bond donors (Lipinski definition) is 1. The quantitative estimate of drug-likeness (QED) is 0.573. The normalized spacial score (nSPS) is 33.3. The largest absolute Gasteiger partial charge is 0.394 e. The molecule has 0 saturated carbocycles. The van der Waals surface area contributed by atoms with Crippen molar-refractivity contribution in [2.75, 3.05) is 6.61 Å². The van der Waals surface area contributed by atoms with Crippen molar-refractivity contribution in [1.82, 2.24) is 0 Å². The second-order valence-corrected chi connectivity index (χ2v) is 3.03. The molecule has 9 heavy (non-hydrogen) atoms. The molecule has 1 fully saturated rings. The third kappa shape index (κ3) is 1.95. The van der Waals surface area contributed by atoms with E-state index in [9.17, 15) is 0 Å². The molecule has 0 aromatic rings. The van der Waals surface area contributed by atoms with Gasteiger partial charge < -0.3 is 9.84 Å². The molecule has 1 aliphatic heterocycles. The summed E-state index contributed by atoms with van der Waals surface area (Å²) < 4.78 is 5.13. The minimum Gasteiger partial charge on any atom is -0.394 e. The molecule has 1 aliphatic rings. The van der Waals surface area contributed by atoms with Crippen LogP contribution in [-0.2, 0) is 4.74 Å². The van der Waals surface area contributed by atoms with Crippen LogP contribution in [-0.4, -0.2) is 23.9 Å². The van der Waals surface area contributed by atoms with Crippen LogP contribution in [0.25, 0.3) is 0 Å². The molecular weight excluding hydrogens is 116 g/mol. The molecule has 0 unspecified atom stereocenters. The number of rotatable bonds is 3. The molecule has 0 radical (unpaired) electrons. The number of aliphatic hydroxyl groups is 1. The van der Waals surface area contributed by atoms with E-state index in [1.54, 1.807) is 0 Å². The molecule has 2 nitrogen and oxygen atoms in total. The summed E-state index contributed by atoms with van der Waals surface area (Å²) in [5.41, 5.74) is 0. The van der Waals surface area contributed by atoms with E-state index in [4.69, 9.17) is 9.84 Å². The van der Waals surface area contributed by atoms with Crippen LogP contribution < -0.4 is 0 Å². The van der Waals surface area contributed by atoms with E-state index in [1.165, 1.54) is 0 Å². The van der Waals surface area contributed by atoms with Gasteiger partial charge in [-0.2, -0.15) is 0 Å². The Kier molecular flexibility index (Phi) is 2.09. The maximum Gasteiger partial charge on any atom is 0.107 e. The summed E-state index contributed by atoms with van der Waals surface area (Å²) in [6.45, 7) is 4.52. The van der Waals surface area contributed by atoms with Crippen molar-refractivity contribution < 1.29 is 9.84 Å². The summed E-state index contributed by atoms with van der Waals surface area (Å²) in [4.78, 5) is 0. The Hall–Kier alpha value is -0.0800. The van der Waals surface area contributed by atoms with Gasteiger partial charge in [-0.05, 0) is 12.3 Å². The van der Waals surface area contributed by atoms with Gasteiger partial charge in [0.25, 0.3) is 0 Å². The Morgan fingerprint density at radius 1 is 1.44 bits per heavy atom. The standard InChI is InChI=1S/C7H14O2/c1-5(2)3-6-7(4-8)9-6/h5-8H,3-4H2,1-2H3/t6-,7-/m1/s1. The maximum atomic E-state index is 8.56. The molecule has 1 saturated heterocycles. The third-order valence-electron chi connectivity index (χ3n) is 1.57. The molecule has 2 atom stereocenters. The Morgan fingerprint density at radius 2 is 2.11 bits per heavy atom. The molecular formula is C7H14O2. The van der Waals surface area contributed by atoms with Gasteiger partial charge in [0, 0.05) is 0 Å². The number of ether oxygens (including phenoxy) is 1. The first-order valence-corrected chi connectivity index (χ1v) is 3.50. The van der Waals surface area contributed by atoms with E-state index < -0.39 is 0 Å². The van der Waals surface area contributed by atoms with Crippen molar-refractivity contribution in [1.29, 1.82) is 0 Å². The first kappa shape index (κ1) is 7.03. The zero-order valence-corrected chi connectivity index (χ0v) is 6.00. The van der Waals surface area contributed by atoms with Crippen LogP contribution in [0.1, 0.15) is 20.3 Å². The highest BCUT2D eigenvalue weighted by atomic mass is 16.6. The van der Waals surface area contributed by atoms with E-state index in [1.807, 2.05) is 0 Å². The SMILES string of the molecule is CC(C)C[C@H]1O[C@@H]1CO. The van der Waals surface area contributed by atoms with Crippen molar-refractivity contribution in [3.8, 4) is 0 Å². The van der Waals surface area contributed by atoms with Crippen molar-refractivity contribution in [3.63, 3.8) is 0 Å². The molecule has 1 N–H and O–H groups in total. The summed E-state index contributed by atoms with van der Waals surface area (Å²) in [5.74, 6) is 0.687. The number of epoxide rings is 1. The van der Waals surface area contributed by atoms with Crippen molar-refractivity contribution >= 4 is 0 Å². The number of hydrogen-bond acceptors (Lipinski definition) is 2. The van der Waals surface area contributed by atoms with Gasteiger partial charge >= 0.3 is 0 Å². The lowest BCUT2D eigenvalue weighted by Crippen LogP contribution is -2.01. The second kappa shape index (κ2) is 2.67. The van der Waals surface area contributed by atoms with Gasteiger partial charge in [-0.1, -0.05) is 13.8 Å². The van der Waals surface area contributed by atoms with E-state index >= 15 is 0 Å². The van der Waals surface area contributed by atoms with Crippen molar-refractivity contribution in [2.24, 2.45) is 5.92 Å². The van der Waals surface area contributed by atoms with E-state index in [0.717, 1.165) is 6.42 Å². The minimum atomic E-state index is 0.160. The Labute approximate surface area is 55.8 Å². The van der Waals surface area contributed by atoms with E-state index in [2.05, 4.69) is 13.8 Å². The smallest absolute Gasteiger partial charge is 0.107 e. The number of aliphatic hydroxyl groups excluding tert-OH is 1. The lowest BCUT2D eigenvalue weighted by molar-refractivity contribution is 0.241. The van der Waals surface area contributed by atoms with Crippen LogP contribution in [0.15, 0.2) is 0 Å². The van der Waals surface area contributed by atoms with Crippen molar-refractivity contribution in [3.05, 3.63) is 0 Å².